The predicted octanol–water partition coefficient (Wildman–Crippen LogP) is 4.44. The molecular formula is C24H21N3O3S. The van der Waals surface area contributed by atoms with Gasteiger partial charge in [-0.05, 0) is 48.9 Å². The Hall–Kier alpha value is -3.45. The Balaban J connectivity index is 1.23. The summed E-state index contributed by atoms with van der Waals surface area (Å²) in [6.07, 6.45) is 0.795. The molecular weight excluding hydrogens is 410 g/mol. The van der Waals surface area contributed by atoms with Gasteiger partial charge in [0.25, 0.3) is 11.8 Å². The Morgan fingerprint density at radius 1 is 1.03 bits per heavy atom. The van der Waals surface area contributed by atoms with E-state index in [-0.39, 0.29) is 18.4 Å². The molecule has 2 aliphatic rings. The molecule has 0 aromatic heterocycles. The van der Waals surface area contributed by atoms with E-state index in [0.29, 0.717) is 23.5 Å². The molecule has 2 amide bonds. The van der Waals surface area contributed by atoms with Gasteiger partial charge in [-0.15, -0.1) is 0 Å². The lowest BCUT2D eigenvalue weighted by Crippen LogP contribution is -2.29. The Kier molecular flexibility index (Phi) is 5.26. The molecule has 0 bridgehead atoms. The number of fused-ring (bicyclic) bond motifs is 3. The lowest BCUT2D eigenvalue weighted by atomic mass is 10.1. The molecule has 5 rings (SSSR count). The Labute approximate surface area is 184 Å². The zero-order valence-corrected chi connectivity index (χ0v) is 17.6. The Morgan fingerprint density at radius 3 is 2.48 bits per heavy atom. The molecule has 31 heavy (non-hydrogen) atoms. The van der Waals surface area contributed by atoms with Crippen molar-refractivity contribution in [1.29, 1.82) is 0 Å². The molecule has 2 N–H and O–H groups in total. The molecule has 2 heterocycles. The van der Waals surface area contributed by atoms with Crippen molar-refractivity contribution in [3.63, 3.8) is 0 Å². The second kappa shape index (κ2) is 8.35. The van der Waals surface area contributed by atoms with Crippen LogP contribution in [0.25, 0.3) is 0 Å². The summed E-state index contributed by atoms with van der Waals surface area (Å²) in [6.45, 7) is 1.34. The fraction of sp³-hybridized carbons (Fsp3) is 0.167. The average molecular weight is 432 g/mol. The third kappa shape index (κ3) is 3.96. The first-order valence-electron chi connectivity index (χ1n) is 10.2. The van der Waals surface area contributed by atoms with Crippen LogP contribution in [0, 0.1) is 0 Å². The van der Waals surface area contributed by atoms with Crippen molar-refractivity contribution >= 4 is 40.6 Å². The molecule has 2 aliphatic heterocycles. The van der Waals surface area contributed by atoms with Crippen LogP contribution in [0.15, 0.2) is 76.5 Å². The number of amides is 2. The molecule has 0 spiro atoms. The molecule has 0 fully saturated rings. The predicted molar refractivity (Wildman–Crippen MR) is 122 cm³/mol. The van der Waals surface area contributed by atoms with Crippen LogP contribution >= 0.6 is 11.8 Å². The highest BCUT2D eigenvalue weighted by molar-refractivity contribution is 7.99. The average Bonchev–Trinajstić information content (AvgIpc) is 2.80. The molecule has 3 aromatic carbocycles. The molecule has 7 heteroatoms. The maximum atomic E-state index is 12.6. The van der Waals surface area contributed by atoms with Crippen molar-refractivity contribution < 1.29 is 14.3 Å². The van der Waals surface area contributed by atoms with Gasteiger partial charge in [0.1, 0.15) is 5.75 Å². The zero-order valence-electron chi connectivity index (χ0n) is 16.8. The van der Waals surface area contributed by atoms with Crippen LogP contribution in [0.3, 0.4) is 0 Å². The Morgan fingerprint density at radius 2 is 1.74 bits per heavy atom. The van der Waals surface area contributed by atoms with E-state index in [1.54, 1.807) is 30.0 Å². The number of nitrogens with one attached hydrogen (secondary N) is 2. The van der Waals surface area contributed by atoms with E-state index in [1.165, 1.54) is 21.2 Å². The van der Waals surface area contributed by atoms with E-state index in [1.807, 2.05) is 0 Å². The van der Waals surface area contributed by atoms with Gasteiger partial charge in [-0.3, -0.25) is 9.59 Å². The van der Waals surface area contributed by atoms with Crippen LogP contribution in [-0.4, -0.2) is 31.5 Å². The second-order valence-corrected chi connectivity index (χ2v) is 8.43. The van der Waals surface area contributed by atoms with Gasteiger partial charge in [-0.25, -0.2) is 0 Å². The van der Waals surface area contributed by atoms with E-state index in [9.17, 15) is 9.59 Å². The standard InChI is InChI=1S/C24H21N3O3S/c28-23-15-30-20-11-10-16(14-17(20)26-23)24(29)25-12-5-13-27-18-6-1-3-8-21(18)31-22-9-4-2-7-19(22)27/h1-4,6-11,14H,5,12-13,15H2,(H,25,29)(H,26,28). The van der Waals surface area contributed by atoms with Crippen LogP contribution in [-0.2, 0) is 4.79 Å². The van der Waals surface area contributed by atoms with E-state index in [4.69, 9.17) is 4.74 Å². The SMILES string of the molecule is O=C1COc2ccc(C(=O)NCCCN3c4ccccc4Sc4ccccc43)cc2N1. The first kappa shape index (κ1) is 19.5. The number of rotatable bonds is 5. The lowest BCUT2D eigenvalue weighted by molar-refractivity contribution is -0.118. The number of benzene rings is 3. The minimum Gasteiger partial charge on any atom is -0.482 e. The first-order valence-corrected chi connectivity index (χ1v) is 11.0. The molecule has 0 aliphatic carbocycles. The number of carbonyl (C=O) groups is 2. The van der Waals surface area contributed by atoms with Crippen LogP contribution < -0.4 is 20.3 Å². The molecule has 3 aromatic rings. The molecule has 6 nitrogen and oxygen atoms in total. The largest absolute Gasteiger partial charge is 0.482 e. The van der Waals surface area contributed by atoms with Crippen molar-refractivity contribution in [2.45, 2.75) is 16.2 Å². The van der Waals surface area contributed by atoms with E-state index in [0.717, 1.165) is 13.0 Å². The van der Waals surface area contributed by atoms with E-state index >= 15 is 0 Å². The van der Waals surface area contributed by atoms with Crippen molar-refractivity contribution in [1.82, 2.24) is 5.32 Å². The number of hydrogen-bond acceptors (Lipinski definition) is 5. The maximum absolute atomic E-state index is 12.6. The van der Waals surface area contributed by atoms with Gasteiger partial charge in [-0.2, -0.15) is 0 Å². The molecule has 0 radical (unpaired) electrons. The summed E-state index contributed by atoms with van der Waals surface area (Å²) in [7, 11) is 0. The smallest absolute Gasteiger partial charge is 0.262 e. The molecule has 156 valence electrons. The van der Waals surface area contributed by atoms with Crippen LogP contribution in [0.4, 0.5) is 17.1 Å². The van der Waals surface area contributed by atoms with Crippen molar-refractivity contribution in [3.8, 4) is 5.75 Å². The second-order valence-electron chi connectivity index (χ2n) is 7.35. The summed E-state index contributed by atoms with van der Waals surface area (Å²) in [4.78, 5) is 28.9. The third-order valence-electron chi connectivity index (χ3n) is 5.25. The number of para-hydroxylation sites is 2. The van der Waals surface area contributed by atoms with Gasteiger partial charge in [-0.1, -0.05) is 36.0 Å². The van der Waals surface area contributed by atoms with Gasteiger partial charge in [0.05, 0.1) is 17.1 Å². The van der Waals surface area contributed by atoms with Crippen LogP contribution in [0.5, 0.6) is 5.75 Å². The van der Waals surface area contributed by atoms with Gasteiger partial charge < -0.3 is 20.3 Å². The summed E-state index contributed by atoms with van der Waals surface area (Å²) in [6, 6.07) is 21.9. The van der Waals surface area contributed by atoms with Gasteiger partial charge in [0.2, 0.25) is 0 Å². The normalized spacial score (nSPS) is 13.9. The lowest BCUT2D eigenvalue weighted by Gasteiger charge is -2.32. The van der Waals surface area contributed by atoms with Crippen molar-refractivity contribution in [2.24, 2.45) is 0 Å². The fourth-order valence-corrected chi connectivity index (χ4v) is 4.88. The maximum Gasteiger partial charge on any atom is 0.262 e. The van der Waals surface area contributed by atoms with Gasteiger partial charge >= 0.3 is 0 Å². The molecule has 0 saturated heterocycles. The summed E-state index contributed by atoms with van der Waals surface area (Å²) in [5, 5.41) is 5.71. The monoisotopic (exact) mass is 431 g/mol. The number of hydrogen-bond donors (Lipinski definition) is 2. The first-order chi connectivity index (χ1) is 15.2. The van der Waals surface area contributed by atoms with Crippen LogP contribution in [0.1, 0.15) is 16.8 Å². The van der Waals surface area contributed by atoms with Crippen molar-refractivity contribution in [3.05, 3.63) is 72.3 Å². The minimum absolute atomic E-state index is 0.000192. The van der Waals surface area contributed by atoms with E-state index in [2.05, 4.69) is 64.1 Å². The van der Waals surface area contributed by atoms with Gasteiger partial charge in [0, 0.05) is 28.4 Å². The van der Waals surface area contributed by atoms with Gasteiger partial charge in [0.15, 0.2) is 6.61 Å². The van der Waals surface area contributed by atoms with Crippen molar-refractivity contribution in [2.75, 3.05) is 29.9 Å². The highest BCUT2D eigenvalue weighted by Crippen LogP contribution is 2.47. The molecule has 0 atom stereocenters. The quantitative estimate of drug-likeness (QED) is 0.585. The minimum atomic E-state index is -0.217. The van der Waals surface area contributed by atoms with E-state index < -0.39 is 0 Å². The number of ether oxygens (including phenoxy) is 1. The topological polar surface area (TPSA) is 70.7 Å². The summed E-state index contributed by atoms with van der Waals surface area (Å²) >= 11 is 1.79. The molecule has 0 saturated carbocycles. The highest BCUT2D eigenvalue weighted by atomic mass is 32.2. The third-order valence-corrected chi connectivity index (χ3v) is 6.38. The number of nitrogens with zero attached hydrogens (tertiary/aromatic N) is 1. The summed E-state index contributed by atoms with van der Waals surface area (Å²) < 4.78 is 5.34. The molecule has 0 unspecified atom stereocenters. The number of anilines is 3. The highest BCUT2D eigenvalue weighted by Gasteiger charge is 2.22. The zero-order chi connectivity index (χ0) is 21.2. The summed E-state index contributed by atoms with van der Waals surface area (Å²) in [5.74, 6) is 0.194. The van der Waals surface area contributed by atoms with Crippen LogP contribution in [0.2, 0.25) is 0 Å². The number of carbonyl (C=O) groups excluding carboxylic acids is 2. The Bertz CT molecular complexity index is 1120. The summed E-state index contributed by atoms with van der Waals surface area (Å²) in [5.41, 5.74) is 3.42. The fourth-order valence-electron chi connectivity index (χ4n) is 3.79.